The molecule has 2 rings (SSSR count). The van der Waals surface area contributed by atoms with Crippen LogP contribution in [0.15, 0.2) is 30.3 Å². The molecule has 92 valence electrons. The van der Waals surface area contributed by atoms with Gasteiger partial charge in [-0.2, -0.15) is 0 Å². The van der Waals surface area contributed by atoms with Crippen LogP contribution in [0.5, 0.6) is 0 Å². The van der Waals surface area contributed by atoms with Crippen molar-refractivity contribution in [2.24, 2.45) is 0 Å². The molecule has 0 spiro atoms. The molecule has 0 radical (unpaired) electrons. The summed E-state index contributed by atoms with van der Waals surface area (Å²) in [5.74, 6) is 0.125. The Hall–Kier alpha value is -1.06. The Morgan fingerprint density at radius 2 is 2.18 bits per heavy atom. The maximum Gasteiger partial charge on any atom is 0.169 e. The first-order valence-electron chi connectivity index (χ1n) is 5.69. The highest BCUT2D eigenvalue weighted by atomic mass is 35.5. The topological polar surface area (TPSA) is 29.5 Å². The monoisotopic (exact) mass is 253 g/mol. The van der Waals surface area contributed by atoms with E-state index < -0.39 is 0 Å². The van der Waals surface area contributed by atoms with Gasteiger partial charge in [-0.3, -0.25) is 4.79 Å². The summed E-state index contributed by atoms with van der Waals surface area (Å²) in [6.45, 7) is 0.744. The Labute approximate surface area is 106 Å². The van der Waals surface area contributed by atoms with Crippen molar-refractivity contribution in [1.82, 2.24) is 0 Å². The van der Waals surface area contributed by atoms with Gasteiger partial charge in [-0.15, -0.1) is 11.6 Å². The molecule has 1 aromatic carbocycles. The highest BCUT2D eigenvalue weighted by molar-refractivity contribution is 6.28. The Morgan fingerprint density at radius 3 is 2.76 bits per heavy atom. The molecule has 1 aromatic rings. The van der Waals surface area contributed by atoms with Crippen LogP contribution in [0.3, 0.4) is 0 Å². The summed E-state index contributed by atoms with van der Waals surface area (Å²) in [6.07, 6.45) is 0.823. The number of carbonyl (C=O) groups excluding carboxylic acids is 1. The van der Waals surface area contributed by atoms with Crippen molar-refractivity contribution >= 4 is 23.1 Å². The van der Waals surface area contributed by atoms with Gasteiger partial charge in [0.25, 0.3) is 0 Å². The van der Waals surface area contributed by atoms with Crippen molar-refractivity contribution in [3.63, 3.8) is 0 Å². The number of Topliss-reactive ketones (excluding diaryl/α,β-unsaturated/α-hetero) is 1. The minimum absolute atomic E-state index is 0.0600. The molecule has 0 aliphatic carbocycles. The van der Waals surface area contributed by atoms with E-state index in [0.717, 1.165) is 18.7 Å². The predicted molar refractivity (Wildman–Crippen MR) is 68.7 cm³/mol. The third kappa shape index (κ3) is 2.61. The first kappa shape index (κ1) is 12.4. The molecule has 1 fully saturated rings. The van der Waals surface area contributed by atoms with Gasteiger partial charge in [0, 0.05) is 25.8 Å². The first-order chi connectivity index (χ1) is 8.26. The minimum atomic E-state index is -0.153. The molecule has 2 atom stereocenters. The van der Waals surface area contributed by atoms with Gasteiger partial charge in [0.2, 0.25) is 0 Å². The van der Waals surface area contributed by atoms with E-state index in [-0.39, 0.29) is 23.8 Å². The lowest BCUT2D eigenvalue weighted by molar-refractivity contribution is -0.118. The molecule has 1 saturated heterocycles. The van der Waals surface area contributed by atoms with E-state index in [9.17, 15) is 4.79 Å². The standard InChI is InChI=1S/C13H16ClNO2/c1-17-11-7-12(13(16)8-14)15(9-11)10-5-3-2-4-6-10/h2-6,11-12H,7-9H2,1H3/t11-,12-/m1/s1. The molecule has 0 saturated carbocycles. The van der Waals surface area contributed by atoms with Gasteiger partial charge in [-0.25, -0.2) is 0 Å². The normalized spacial score (nSPS) is 24.0. The van der Waals surface area contributed by atoms with Crippen molar-refractivity contribution < 1.29 is 9.53 Å². The van der Waals surface area contributed by atoms with E-state index >= 15 is 0 Å². The van der Waals surface area contributed by atoms with E-state index in [1.807, 2.05) is 30.3 Å². The van der Waals surface area contributed by atoms with Crippen molar-refractivity contribution in [1.29, 1.82) is 0 Å². The summed E-state index contributed by atoms with van der Waals surface area (Å²) in [5, 5.41) is 0. The second-order valence-corrected chi connectivity index (χ2v) is 4.46. The van der Waals surface area contributed by atoms with Crippen molar-refractivity contribution in [3.8, 4) is 0 Å². The van der Waals surface area contributed by atoms with Crippen LogP contribution < -0.4 is 4.90 Å². The van der Waals surface area contributed by atoms with Crippen LogP contribution in [0.4, 0.5) is 5.69 Å². The average Bonchev–Trinajstić information content (AvgIpc) is 2.83. The summed E-state index contributed by atoms with van der Waals surface area (Å²) in [6, 6.07) is 9.76. The number of hydrogen-bond acceptors (Lipinski definition) is 3. The highest BCUT2D eigenvalue weighted by Gasteiger charge is 2.36. The molecule has 0 aromatic heterocycles. The number of alkyl halides is 1. The number of carbonyl (C=O) groups is 1. The van der Waals surface area contributed by atoms with E-state index in [1.54, 1.807) is 7.11 Å². The fourth-order valence-corrected chi connectivity index (χ4v) is 2.45. The zero-order valence-electron chi connectivity index (χ0n) is 9.80. The smallest absolute Gasteiger partial charge is 0.169 e. The number of nitrogens with zero attached hydrogens (tertiary/aromatic N) is 1. The zero-order valence-corrected chi connectivity index (χ0v) is 10.6. The van der Waals surface area contributed by atoms with Crippen LogP contribution >= 0.6 is 11.6 Å². The summed E-state index contributed by atoms with van der Waals surface area (Å²) in [7, 11) is 1.68. The molecule has 3 nitrogen and oxygen atoms in total. The fourth-order valence-electron chi connectivity index (χ4n) is 2.27. The largest absolute Gasteiger partial charge is 0.380 e. The summed E-state index contributed by atoms with van der Waals surface area (Å²) >= 11 is 5.66. The Bertz CT molecular complexity index is 382. The van der Waals surface area contributed by atoms with E-state index in [4.69, 9.17) is 16.3 Å². The van der Waals surface area contributed by atoms with Crippen LogP contribution in [-0.4, -0.2) is 37.5 Å². The van der Waals surface area contributed by atoms with E-state index in [0.29, 0.717) is 0 Å². The number of ketones is 1. The molecule has 0 amide bonds. The summed E-state index contributed by atoms with van der Waals surface area (Å²) < 4.78 is 5.35. The third-order valence-corrected chi connectivity index (χ3v) is 3.45. The Balaban J connectivity index is 2.21. The number of halogens is 1. The number of para-hydroxylation sites is 1. The maximum absolute atomic E-state index is 11.8. The van der Waals surface area contributed by atoms with Crippen LogP contribution in [0.25, 0.3) is 0 Å². The molecule has 17 heavy (non-hydrogen) atoms. The molecule has 0 N–H and O–H groups in total. The van der Waals surface area contributed by atoms with E-state index in [1.165, 1.54) is 0 Å². The number of ether oxygens (including phenoxy) is 1. The number of methoxy groups -OCH3 is 1. The lowest BCUT2D eigenvalue weighted by Gasteiger charge is -2.24. The average molecular weight is 254 g/mol. The third-order valence-electron chi connectivity index (χ3n) is 3.19. The van der Waals surface area contributed by atoms with Crippen molar-refractivity contribution in [2.45, 2.75) is 18.6 Å². The molecular weight excluding hydrogens is 238 g/mol. The second-order valence-electron chi connectivity index (χ2n) is 4.20. The van der Waals surface area contributed by atoms with Crippen LogP contribution in [-0.2, 0) is 9.53 Å². The first-order valence-corrected chi connectivity index (χ1v) is 6.23. The van der Waals surface area contributed by atoms with Gasteiger partial charge in [0.1, 0.15) is 0 Å². The number of anilines is 1. The van der Waals surface area contributed by atoms with Gasteiger partial charge < -0.3 is 9.64 Å². The van der Waals surface area contributed by atoms with Gasteiger partial charge in [-0.05, 0) is 12.1 Å². The highest BCUT2D eigenvalue weighted by Crippen LogP contribution is 2.27. The van der Waals surface area contributed by atoms with Gasteiger partial charge in [0.05, 0.1) is 18.0 Å². The zero-order chi connectivity index (χ0) is 12.3. The van der Waals surface area contributed by atoms with Crippen LogP contribution in [0, 0.1) is 0 Å². The Kier molecular flexibility index (Phi) is 4.02. The SMILES string of the molecule is CO[C@@H]1C[C@H](C(=O)CCl)N(c2ccccc2)C1. The lowest BCUT2D eigenvalue weighted by atomic mass is 10.1. The second kappa shape index (κ2) is 5.52. The van der Waals surface area contributed by atoms with Crippen LogP contribution in [0.2, 0.25) is 0 Å². The molecule has 1 heterocycles. The maximum atomic E-state index is 11.8. The fraction of sp³-hybridized carbons (Fsp3) is 0.462. The Morgan fingerprint density at radius 1 is 1.47 bits per heavy atom. The number of benzene rings is 1. The van der Waals surface area contributed by atoms with Crippen molar-refractivity contribution in [3.05, 3.63) is 30.3 Å². The van der Waals surface area contributed by atoms with Crippen molar-refractivity contribution in [2.75, 3.05) is 24.4 Å². The molecule has 1 aliphatic rings. The number of rotatable bonds is 4. The quantitative estimate of drug-likeness (QED) is 0.770. The summed E-state index contributed by atoms with van der Waals surface area (Å²) in [4.78, 5) is 13.9. The molecular formula is C13H16ClNO2. The predicted octanol–water partition coefficient (Wildman–Crippen LogP) is 2.09. The molecule has 0 unspecified atom stereocenters. The van der Waals surface area contributed by atoms with Gasteiger partial charge in [-0.1, -0.05) is 18.2 Å². The summed E-state index contributed by atoms with van der Waals surface area (Å²) in [5.41, 5.74) is 1.05. The van der Waals surface area contributed by atoms with Gasteiger partial charge >= 0.3 is 0 Å². The molecule has 1 aliphatic heterocycles. The number of hydrogen-bond donors (Lipinski definition) is 0. The minimum Gasteiger partial charge on any atom is -0.380 e. The van der Waals surface area contributed by atoms with E-state index in [2.05, 4.69) is 4.90 Å². The van der Waals surface area contributed by atoms with Gasteiger partial charge in [0.15, 0.2) is 5.78 Å². The van der Waals surface area contributed by atoms with Crippen LogP contribution in [0.1, 0.15) is 6.42 Å². The molecule has 0 bridgehead atoms. The lowest BCUT2D eigenvalue weighted by Crippen LogP contribution is -2.36. The molecule has 4 heteroatoms.